The zero-order chi connectivity index (χ0) is 26.7. The highest BCUT2D eigenvalue weighted by atomic mass is 32.2. The second-order valence-corrected chi connectivity index (χ2v) is 12.4. The van der Waals surface area contributed by atoms with E-state index in [9.17, 15) is 8.42 Å². The van der Waals surface area contributed by atoms with Crippen molar-refractivity contribution in [3.8, 4) is 5.75 Å². The number of hydrogen-bond donors (Lipinski definition) is 0. The third-order valence-electron chi connectivity index (χ3n) is 7.02. The smallest absolute Gasteiger partial charge is 0.264 e. The molecule has 0 unspecified atom stereocenters. The lowest BCUT2D eigenvalue weighted by Crippen LogP contribution is -2.47. The van der Waals surface area contributed by atoms with Gasteiger partial charge in [-0.05, 0) is 67.7 Å². The van der Waals surface area contributed by atoms with Crippen molar-refractivity contribution in [1.82, 2.24) is 9.27 Å². The average Bonchev–Trinajstić information content (AvgIpc) is 3.37. The van der Waals surface area contributed by atoms with E-state index >= 15 is 0 Å². The summed E-state index contributed by atoms with van der Waals surface area (Å²) in [6.07, 6.45) is 0.770. The van der Waals surface area contributed by atoms with Gasteiger partial charge in [-0.1, -0.05) is 36.4 Å². The molecule has 38 heavy (non-hydrogen) atoms. The number of hydrogen-bond acceptors (Lipinski definition) is 7. The molecule has 5 rings (SSSR count). The maximum atomic E-state index is 13.8. The molecule has 1 aliphatic rings. The summed E-state index contributed by atoms with van der Waals surface area (Å²) in [7, 11) is -2.23. The molecule has 0 atom stereocenters. The van der Waals surface area contributed by atoms with Crippen LogP contribution in [0.25, 0.3) is 10.1 Å². The van der Waals surface area contributed by atoms with Crippen LogP contribution in [-0.2, 0) is 16.4 Å². The van der Waals surface area contributed by atoms with Gasteiger partial charge in [0.2, 0.25) is 0 Å². The van der Waals surface area contributed by atoms with Crippen molar-refractivity contribution >= 4 is 43.1 Å². The van der Waals surface area contributed by atoms with Gasteiger partial charge < -0.3 is 9.64 Å². The van der Waals surface area contributed by atoms with Gasteiger partial charge >= 0.3 is 0 Å². The molecule has 0 spiro atoms. The van der Waals surface area contributed by atoms with E-state index in [1.165, 1.54) is 10.1 Å². The molecule has 0 saturated carbocycles. The van der Waals surface area contributed by atoms with E-state index in [1.54, 1.807) is 47.2 Å². The molecule has 0 aliphatic carbocycles. The summed E-state index contributed by atoms with van der Waals surface area (Å²) in [5.41, 5.74) is 1.76. The van der Waals surface area contributed by atoms with Gasteiger partial charge in [0, 0.05) is 50.2 Å². The molecule has 4 aromatic rings. The molecule has 9 heteroatoms. The zero-order valence-electron chi connectivity index (χ0n) is 22.1. The fraction of sp³-hybridized carbons (Fsp3) is 0.345. The summed E-state index contributed by atoms with van der Waals surface area (Å²) < 4.78 is 40.4. The number of sulfonamides is 1. The minimum atomic E-state index is -3.77. The standard InChI is InChI=1S/C29H34N4O3S2/c1-22(2)33(38(34,35)25-11-8-10-24(21-25)36-3)27-13-6-4-9-23(27)15-16-31-17-19-32(20-18-31)29-26-12-5-7-14-28(26)37-30-29/h4-14,21-22H,15-20H2,1-3H3. The van der Waals surface area contributed by atoms with Crippen LogP contribution in [0.15, 0.2) is 77.7 Å². The van der Waals surface area contributed by atoms with Crippen LogP contribution in [-0.4, -0.2) is 63.6 Å². The molecule has 200 valence electrons. The average molecular weight is 551 g/mol. The number of rotatable bonds is 9. The number of benzene rings is 3. The Bertz CT molecular complexity index is 1490. The van der Waals surface area contributed by atoms with E-state index in [2.05, 4.69) is 34.1 Å². The van der Waals surface area contributed by atoms with Crippen molar-refractivity contribution in [1.29, 1.82) is 0 Å². The third-order valence-corrected chi connectivity index (χ3v) is 9.83. The van der Waals surface area contributed by atoms with Crippen LogP contribution >= 0.6 is 11.5 Å². The lowest BCUT2D eigenvalue weighted by molar-refractivity contribution is 0.261. The van der Waals surface area contributed by atoms with Crippen LogP contribution in [0.4, 0.5) is 11.5 Å². The molecule has 0 amide bonds. The normalized spacial score (nSPS) is 14.8. The van der Waals surface area contributed by atoms with Gasteiger partial charge in [0.05, 0.1) is 22.4 Å². The van der Waals surface area contributed by atoms with Crippen LogP contribution in [0.5, 0.6) is 5.75 Å². The predicted molar refractivity (Wildman–Crippen MR) is 156 cm³/mol. The number of methoxy groups -OCH3 is 1. The summed E-state index contributed by atoms with van der Waals surface area (Å²) in [5, 5.41) is 1.23. The fourth-order valence-electron chi connectivity index (χ4n) is 5.06. The first kappa shape index (κ1) is 26.5. The summed E-state index contributed by atoms with van der Waals surface area (Å²) >= 11 is 1.56. The maximum absolute atomic E-state index is 13.8. The van der Waals surface area contributed by atoms with Crippen LogP contribution in [0.2, 0.25) is 0 Å². The molecule has 2 heterocycles. The van der Waals surface area contributed by atoms with Gasteiger partial charge in [-0.15, -0.1) is 0 Å². The number of anilines is 2. The Morgan fingerprint density at radius 2 is 1.71 bits per heavy atom. The van der Waals surface area contributed by atoms with Crippen LogP contribution < -0.4 is 13.9 Å². The molecular weight excluding hydrogens is 516 g/mol. The van der Waals surface area contributed by atoms with Gasteiger partial charge in [0.1, 0.15) is 11.6 Å². The molecule has 3 aromatic carbocycles. The van der Waals surface area contributed by atoms with Crippen LogP contribution in [0.1, 0.15) is 19.4 Å². The van der Waals surface area contributed by atoms with Gasteiger partial charge in [-0.3, -0.25) is 9.21 Å². The molecule has 0 bridgehead atoms. The minimum absolute atomic E-state index is 0.228. The lowest BCUT2D eigenvalue weighted by Gasteiger charge is -2.35. The quantitative estimate of drug-likeness (QED) is 0.283. The third kappa shape index (κ3) is 5.36. The Hall–Kier alpha value is -3.14. The number of ether oxygens (including phenoxy) is 1. The van der Waals surface area contributed by atoms with Crippen LogP contribution in [0, 0.1) is 0 Å². The van der Waals surface area contributed by atoms with Crippen LogP contribution in [0.3, 0.4) is 0 Å². The molecule has 0 N–H and O–H groups in total. The van der Waals surface area contributed by atoms with E-state index in [-0.39, 0.29) is 10.9 Å². The second-order valence-electron chi connectivity index (χ2n) is 9.78. The van der Waals surface area contributed by atoms with Crippen molar-refractivity contribution in [3.63, 3.8) is 0 Å². The van der Waals surface area contributed by atoms with E-state index in [4.69, 9.17) is 9.11 Å². The van der Waals surface area contributed by atoms with Gasteiger partial charge in [-0.2, -0.15) is 4.37 Å². The zero-order valence-corrected chi connectivity index (χ0v) is 23.7. The first-order chi connectivity index (χ1) is 18.4. The molecule has 1 fully saturated rings. The number of piperazine rings is 1. The van der Waals surface area contributed by atoms with E-state index in [1.807, 2.05) is 38.1 Å². The Balaban J connectivity index is 1.30. The highest BCUT2D eigenvalue weighted by Crippen LogP contribution is 2.32. The minimum Gasteiger partial charge on any atom is -0.497 e. The largest absolute Gasteiger partial charge is 0.497 e. The summed E-state index contributed by atoms with van der Waals surface area (Å²) in [6, 6.07) is 22.7. The van der Waals surface area contributed by atoms with Crippen molar-refractivity contribution in [2.75, 3.05) is 49.0 Å². The fourth-order valence-corrected chi connectivity index (χ4v) is 7.59. The summed E-state index contributed by atoms with van der Waals surface area (Å²) in [6.45, 7) is 8.45. The number of fused-ring (bicyclic) bond motifs is 1. The highest BCUT2D eigenvalue weighted by molar-refractivity contribution is 7.92. The summed E-state index contributed by atoms with van der Waals surface area (Å²) in [4.78, 5) is 5.06. The monoisotopic (exact) mass is 550 g/mol. The SMILES string of the molecule is COc1cccc(S(=O)(=O)N(c2ccccc2CCN2CCN(c3nsc4ccccc34)CC2)C(C)C)c1. The predicted octanol–water partition coefficient (Wildman–Crippen LogP) is 5.27. The maximum Gasteiger partial charge on any atom is 0.264 e. The van der Waals surface area contributed by atoms with Gasteiger partial charge in [0.15, 0.2) is 0 Å². The van der Waals surface area contributed by atoms with Crippen molar-refractivity contribution in [2.45, 2.75) is 31.2 Å². The first-order valence-corrected chi connectivity index (χ1v) is 15.2. The van der Waals surface area contributed by atoms with Crippen molar-refractivity contribution < 1.29 is 13.2 Å². The Kier molecular flexibility index (Phi) is 7.88. The number of nitrogens with zero attached hydrogens (tertiary/aromatic N) is 4. The first-order valence-electron chi connectivity index (χ1n) is 13.0. The molecule has 7 nitrogen and oxygen atoms in total. The van der Waals surface area contributed by atoms with Gasteiger partial charge in [0.25, 0.3) is 10.0 Å². The van der Waals surface area contributed by atoms with E-state index < -0.39 is 10.0 Å². The van der Waals surface area contributed by atoms with Gasteiger partial charge in [-0.25, -0.2) is 8.42 Å². The molecule has 1 aliphatic heterocycles. The number of aromatic nitrogens is 1. The Morgan fingerprint density at radius 3 is 2.47 bits per heavy atom. The lowest BCUT2D eigenvalue weighted by atomic mass is 10.1. The topological polar surface area (TPSA) is 66.0 Å². The van der Waals surface area contributed by atoms with E-state index in [0.29, 0.717) is 5.75 Å². The van der Waals surface area contributed by atoms with Crippen molar-refractivity contribution in [2.24, 2.45) is 0 Å². The summed E-state index contributed by atoms with van der Waals surface area (Å²) in [5.74, 6) is 1.61. The number of para-hydroxylation sites is 1. The second kappa shape index (κ2) is 11.3. The Morgan fingerprint density at radius 1 is 0.974 bits per heavy atom. The molecule has 1 aromatic heterocycles. The molecule has 0 radical (unpaired) electrons. The van der Waals surface area contributed by atoms with E-state index in [0.717, 1.165) is 56.2 Å². The molecular formula is C29H34N4O3S2. The van der Waals surface area contributed by atoms with Crippen molar-refractivity contribution in [3.05, 3.63) is 78.4 Å². The Labute approximate surface area is 229 Å². The molecule has 1 saturated heterocycles. The highest BCUT2D eigenvalue weighted by Gasteiger charge is 2.29.